The lowest BCUT2D eigenvalue weighted by atomic mass is 10.1. The number of ketones is 1. The van der Waals surface area contributed by atoms with Crippen molar-refractivity contribution in [2.45, 2.75) is 29.6 Å². The molecule has 1 heterocycles. The van der Waals surface area contributed by atoms with E-state index in [1.807, 2.05) is 24.3 Å². The van der Waals surface area contributed by atoms with Crippen LogP contribution >= 0.6 is 23.4 Å². The second kappa shape index (κ2) is 7.93. The molecule has 134 valence electrons. The van der Waals surface area contributed by atoms with E-state index in [0.717, 1.165) is 10.6 Å². The first-order valence-electron chi connectivity index (χ1n) is 8.00. The summed E-state index contributed by atoms with van der Waals surface area (Å²) in [6, 6.07) is 13.7. The standard InChI is InChI=1S/C19H16ClNO4S/c1-11(18(23)12-6-8-13(20)9-7-12)25-17(22)10-16-19(24)21-14-4-2-3-5-15(14)26-16/h2-9,11,16H,10H2,1H3,(H,21,24)/t11-,16-/m1/s1. The van der Waals surface area contributed by atoms with Crippen LogP contribution in [-0.4, -0.2) is 29.0 Å². The Morgan fingerprint density at radius 2 is 1.88 bits per heavy atom. The van der Waals surface area contributed by atoms with Crippen molar-refractivity contribution in [1.82, 2.24) is 0 Å². The number of hydrogen-bond donors (Lipinski definition) is 1. The number of ether oxygens (including phenoxy) is 1. The Kier molecular flexibility index (Phi) is 5.64. The lowest BCUT2D eigenvalue weighted by Crippen LogP contribution is -2.33. The van der Waals surface area contributed by atoms with Crippen LogP contribution in [0.1, 0.15) is 23.7 Å². The topological polar surface area (TPSA) is 72.5 Å². The van der Waals surface area contributed by atoms with Crippen LogP contribution in [0.15, 0.2) is 53.4 Å². The fourth-order valence-electron chi connectivity index (χ4n) is 2.53. The van der Waals surface area contributed by atoms with Crippen LogP contribution in [0.3, 0.4) is 0 Å². The molecule has 2 aromatic carbocycles. The van der Waals surface area contributed by atoms with Crippen molar-refractivity contribution < 1.29 is 19.1 Å². The summed E-state index contributed by atoms with van der Waals surface area (Å²) in [5, 5.41) is 2.71. The Morgan fingerprint density at radius 1 is 1.19 bits per heavy atom. The maximum Gasteiger partial charge on any atom is 0.308 e. The maximum atomic E-state index is 12.3. The van der Waals surface area contributed by atoms with E-state index in [9.17, 15) is 14.4 Å². The lowest BCUT2D eigenvalue weighted by Gasteiger charge is -2.23. The molecule has 1 N–H and O–H groups in total. The van der Waals surface area contributed by atoms with E-state index in [1.165, 1.54) is 18.7 Å². The average molecular weight is 390 g/mol. The van der Waals surface area contributed by atoms with Gasteiger partial charge in [-0.05, 0) is 43.3 Å². The summed E-state index contributed by atoms with van der Waals surface area (Å²) >= 11 is 7.12. The molecule has 0 radical (unpaired) electrons. The SMILES string of the molecule is C[C@@H](OC(=O)C[C@H]1Sc2ccccc2NC1=O)C(=O)c1ccc(Cl)cc1. The number of esters is 1. The molecule has 0 saturated heterocycles. The molecule has 3 rings (SSSR count). The smallest absolute Gasteiger partial charge is 0.308 e. The zero-order valence-corrected chi connectivity index (χ0v) is 15.5. The zero-order valence-electron chi connectivity index (χ0n) is 13.9. The van der Waals surface area contributed by atoms with Gasteiger partial charge in [-0.2, -0.15) is 0 Å². The maximum absolute atomic E-state index is 12.3. The third kappa shape index (κ3) is 4.26. The number of hydrogen-bond acceptors (Lipinski definition) is 5. The Balaban J connectivity index is 1.59. The number of amides is 1. The summed E-state index contributed by atoms with van der Waals surface area (Å²) in [6.07, 6.45) is -1.05. The van der Waals surface area contributed by atoms with Gasteiger partial charge in [0.2, 0.25) is 11.7 Å². The molecular weight excluding hydrogens is 374 g/mol. The zero-order chi connectivity index (χ0) is 18.7. The van der Waals surface area contributed by atoms with Crippen LogP contribution in [0.4, 0.5) is 5.69 Å². The Labute approximate surface area is 160 Å². The van der Waals surface area contributed by atoms with Gasteiger partial charge in [0.05, 0.1) is 17.4 Å². The number of nitrogens with one attached hydrogen (secondary N) is 1. The molecule has 0 bridgehead atoms. The van der Waals surface area contributed by atoms with Crippen LogP contribution in [-0.2, 0) is 14.3 Å². The van der Waals surface area contributed by atoms with Crippen LogP contribution in [0.5, 0.6) is 0 Å². The predicted molar refractivity (Wildman–Crippen MR) is 101 cm³/mol. The van der Waals surface area contributed by atoms with Gasteiger partial charge in [0.15, 0.2) is 6.10 Å². The highest BCUT2D eigenvalue weighted by Gasteiger charge is 2.30. The van der Waals surface area contributed by atoms with Gasteiger partial charge in [0.25, 0.3) is 0 Å². The van der Waals surface area contributed by atoms with Crippen molar-refractivity contribution in [1.29, 1.82) is 0 Å². The van der Waals surface area contributed by atoms with Crippen molar-refractivity contribution in [3.05, 3.63) is 59.1 Å². The third-order valence-corrected chi connectivity index (χ3v) is 5.39. The van der Waals surface area contributed by atoms with Crippen molar-refractivity contribution in [2.75, 3.05) is 5.32 Å². The van der Waals surface area contributed by atoms with Crippen molar-refractivity contribution in [3.63, 3.8) is 0 Å². The van der Waals surface area contributed by atoms with Gasteiger partial charge in [-0.3, -0.25) is 14.4 Å². The van der Waals surface area contributed by atoms with E-state index in [0.29, 0.717) is 10.6 Å². The molecule has 26 heavy (non-hydrogen) atoms. The molecule has 0 aromatic heterocycles. The number of para-hydroxylation sites is 1. The molecule has 0 saturated carbocycles. The van der Waals surface area contributed by atoms with Gasteiger partial charge in [0, 0.05) is 15.5 Å². The average Bonchev–Trinajstić information content (AvgIpc) is 2.62. The quantitative estimate of drug-likeness (QED) is 0.619. The first-order valence-corrected chi connectivity index (χ1v) is 9.25. The third-order valence-electron chi connectivity index (χ3n) is 3.86. The minimum absolute atomic E-state index is 0.108. The van der Waals surface area contributed by atoms with E-state index in [1.54, 1.807) is 24.3 Å². The highest BCUT2D eigenvalue weighted by Crippen LogP contribution is 2.36. The molecule has 1 aliphatic heterocycles. The number of carbonyl (C=O) groups is 3. The van der Waals surface area contributed by atoms with E-state index >= 15 is 0 Å². The molecule has 1 aliphatic rings. The summed E-state index contributed by atoms with van der Waals surface area (Å²) in [5.74, 6) is -1.16. The minimum atomic E-state index is -0.937. The monoisotopic (exact) mass is 389 g/mol. The largest absolute Gasteiger partial charge is 0.454 e. The first-order chi connectivity index (χ1) is 12.4. The number of carbonyl (C=O) groups excluding carboxylic acids is 3. The van der Waals surface area contributed by atoms with Gasteiger partial charge in [0.1, 0.15) is 0 Å². The molecule has 2 aromatic rings. The normalized spacial score (nSPS) is 17.0. The van der Waals surface area contributed by atoms with Crippen LogP contribution in [0.2, 0.25) is 5.02 Å². The lowest BCUT2D eigenvalue weighted by molar-refractivity contribution is -0.147. The number of Topliss-reactive ketones (excluding diaryl/α,β-unsaturated/α-hetero) is 1. The van der Waals surface area contributed by atoms with Gasteiger partial charge in [-0.1, -0.05) is 23.7 Å². The van der Waals surface area contributed by atoms with E-state index in [2.05, 4.69) is 5.32 Å². The second-order valence-corrected chi connectivity index (χ2v) is 7.48. The van der Waals surface area contributed by atoms with Crippen LogP contribution < -0.4 is 5.32 Å². The van der Waals surface area contributed by atoms with E-state index in [-0.39, 0.29) is 18.1 Å². The number of benzene rings is 2. The van der Waals surface area contributed by atoms with Gasteiger partial charge in [-0.15, -0.1) is 11.8 Å². The van der Waals surface area contributed by atoms with Crippen molar-refractivity contribution in [3.8, 4) is 0 Å². The number of anilines is 1. The molecule has 0 aliphatic carbocycles. The predicted octanol–water partition coefficient (Wildman–Crippen LogP) is 3.96. The number of thioether (sulfide) groups is 1. The number of halogens is 1. The van der Waals surface area contributed by atoms with E-state index < -0.39 is 17.3 Å². The molecule has 0 spiro atoms. The van der Waals surface area contributed by atoms with Crippen LogP contribution in [0, 0.1) is 0 Å². The molecule has 0 fully saturated rings. The number of rotatable bonds is 5. The molecule has 2 atom stereocenters. The molecule has 7 heteroatoms. The summed E-state index contributed by atoms with van der Waals surface area (Å²) in [6.45, 7) is 1.51. The molecule has 1 amide bonds. The summed E-state index contributed by atoms with van der Waals surface area (Å²) < 4.78 is 5.22. The van der Waals surface area contributed by atoms with E-state index in [4.69, 9.17) is 16.3 Å². The molecular formula is C19H16ClNO4S. The Morgan fingerprint density at radius 3 is 2.62 bits per heavy atom. The fourth-order valence-corrected chi connectivity index (χ4v) is 3.75. The van der Waals surface area contributed by atoms with Gasteiger partial charge in [-0.25, -0.2) is 0 Å². The molecule has 5 nitrogen and oxygen atoms in total. The Hall–Kier alpha value is -2.31. The minimum Gasteiger partial charge on any atom is -0.454 e. The Bertz CT molecular complexity index is 853. The highest BCUT2D eigenvalue weighted by atomic mass is 35.5. The van der Waals surface area contributed by atoms with Crippen molar-refractivity contribution in [2.24, 2.45) is 0 Å². The van der Waals surface area contributed by atoms with Gasteiger partial charge < -0.3 is 10.1 Å². The molecule has 0 unspecified atom stereocenters. The summed E-state index contributed by atoms with van der Waals surface area (Å²) in [5.41, 5.74) is 1.15. The first kappa shape index (κ1) is 18.5. The summed E-state index contributed by atoms with van der Waals surface area (Å²) in [4.78, 5) is 37.5. The fraction of sp³-hybridized carbons (Fsp3) is 0.211. The van der Waals surface area contributed by atoms with Crippen LogP contribution in [0.25, 0.3) is 0 Å². The van der Waals surface area contributed by atoms with Gasteiger partial charge >= 0.3 is 5.97 Å². The number of fused-ring (bicyclic) bond motifs is 1. The summed E-state index contributed by atoms with van der Waals surface area (Å²) in [7, 11) is 0. The van der Waals surface area contributed by atoms with Crippen molar-refractivity contribution >= 4 is 46.7 Å². The second-order valence-electron chi connectivity index (χ2n) is 5.80. The highest BCUT2D eigenvalue weighted by molar-refractivity contribution is 8.01.